The standard InChI is InChI=1S/2C23H32N2O6.Na.4H2S/c2*1-2-3-4-7-22(29)25-14-5-6-19(25)20(27)12-13-21(28)24-18(23(30)31)15-16-8-10-17(26)11-9-16;;;;;/h2*8-11,18-19,26H,2-7,12-15H2,1H3,(H,24,28)(H,30,31);;4*1H2/q;;+1;;;;/p-1/t2*18-,19-;;;;;/m00...../s1. The Kier molecular flexibility index (Phi) is 37.0. The van der Waals surface area contributed by atoms with Crippen LogP contribution in [0.4, 0.5) is 0 Å². The normalized spacial score (nSPS) is 15.4. The first kappa shape index (κ1) is 67.9. The van der Waals surface area contributed by atoms with Crippen LogP contribution in [0, 0.1) is 0 Å². The molecule has 0 spiro atoms. The van der Waals surface area contributed by atoms with Gasteiger partial charge in [0.1, 0.15) is 17.5 Å². The molecule has 16 nitrogen and oxygen atoms in total. The van der Waals surface area contributed by atoms with Gasteiger partial charge in [0.15, 0.2) is 11.6 Å². The molecule has 2 aromatic carbocycles. The van der Waals surface area contributed by atoms with E-state index in [1.165, 1.54) is 24.3 Å². The van der Waals surface area contributed by atoms with Crippen molar-refractivity contribution in [2.75, 3.05) is 13.1 Å². The van der Waals surface area contributed by atoms with Crippen LogP contribution in [0.1, 0.15) is 128 Å². The van der Waals surface area contributed by atoms with Crippen LogP contribution < -0.4 is 45.3 Å². The van der Waals surface area contributed by atoms with E-state index in [-0.39, 0.29) is 157 Å². The van der Waals surface area contributed by atoms with E-state index in [1.807, 2.05) is 0 Å². The number of aromatic hydroxyl groups is 2. The van der Waals surface area contributed by atoms with Crippen molar-refractivity contribution in [2.45, 2.75) is 154 Å². The number of carbonyl (C=O) groups excluding carboxylic acids is 7. The van der Waals surface area contributed by atoms with E-state index in [0.29, 0.717) is 49.9 Å². The number of nitrogens with zero attached hydrogens (tertiary/aromatic N) is 2. The number of amides is 4. The predicted molar refractivity (Wildman–Crippen MR) is 268 cm³/mol. The van der Waals surface area contributed by atoms with E-state index in [9.17, 15) is 58.8 Å². The van der Waals surface area contributed by atoms with Crippen LogP contribution >= 0.6 is 54.0 Å². The molecule has 2 aliphatic heterocycles. The van der Waals surface area contributed by atoms with Gasteiger partial charge in [0.2, 0.25) is 23.6 Å². The molecule has 0 aromatic heterocycles. The summed E-state index contributed by atoms with van der Waals surface area (Å²) in [6.07, 6.45) is 8.97. The minimum atomic E-state index is -1.42. The number of carboxylic acid groups (broad SMARTS) is 2. The zero-order valence-corrected chi connectivity index (χ0v) is 45.0. The second-order valence-corrected chi connectivity index (χ2v) is 16.0. The molecule has 4 atom stereocenters. The van der Waals surface area contributed by atoms with Crippen molar-refractivity contribution in [1.29, 1.82) is 0 Å². The largest absolute Gasteiger partial charge is 1.00 e. The van der Waals surface area contributed by atoms with Gasteiger partial charge in [0.25, 0.3) is 0 Å². The fraction of sp³-hybridized carbons (Fsp3) is 0.565. The van der Waals surface area contributed by atoms with Crippen molar-refractivity contribution in [3.05, 3.63) is 59.7 Å². The SMILES string of the molecule is CCCCCC(=O)N1CCC[C@H]1C(=O)CCC(=O)N[C@@H](Cc1ccc(O)cc1)C(=O)O.CCCCCC(=O)N1CCC[C@H]1C(=O)CCC(=O)N[C@@H](Cc1ccc(O)cc1)C(=O)[O-].S.S.S.S.[Na+]. The van der Waals surface area contributed by atoms with E-state index < -0.39 is 47.9 Å². The average molecular weight is 1020 g/mol. The van der Waals surface area contributed by atoms with Crippen LogP contribution in [-0.2, 0) is 51.2 Å². The van der Waals surface area contributed by atoms with Gasteiger partial charge in [0.05, 0.1) is 24.1 Å². The minimum Gasteiger partial charge on any atom is -0.548 e. The van der Waals surface area contributed by atoms with Gasteiger partial charge in [0, 0.05) is 58.0 Å². The third-order valence-electron chi connectivity index (χ3n) is 11.1. The number of hydrogen-bond acceptors (Lipinski definition) is 11. The maximum atomic E-state index is 12.6. The van der Waals surface area contributed by atoms with E-state index in [2.05, 4.69) is 24.5 Å². The molecule has 0 saturated carbocycles. The number of phenols is 2. The number of unbranched alkanes of at least 4 members (excludes halogenated alkanes) is 4. The quantitative estimate of drug-likeness (QED) is 0.0730. The molecule has 4 amide bonds. The summed E-state index contributed by atoms with van der Waals surface area (Å²) in [6.45, 7) is 5.26. The van der Waals surface area contributed by atoms with Crippen LogP contribution in [0.15, 0.2) is 48.5 Å². The molecule has 372 valence electrons. The molecule has 4 rings (SSSR count). The summed E-state index contributed by atoms with van der Waals surface area (Å²) in [5, 5.41) is 44.3. The van der Waals surface area contributed by atoms with Crippen molar-refractivity contribution in [3.63, 3.8) is 0 Å². The average Bonchev–Trinajstić information content (AvgIpc) is 3.95. The number of hydrogen-bond donors (Lipinski definition) is 5. The molecular formula is C46H71N4NaO12S4. The summed E-state index contributed by atoms with van der Waals surface area (Å²) in [7, 11) is 0. The number of phenolic OH excluding ortho intramolecular Hbond substituents is 2. The molecule has 0 radical (unpaired) electrons. The number of benzene rings is 2. The Balaban J connectivity index is -0.00000114. The Morgan fingerprint density at radius 2 is 0.940 bits per heavy atom. The van der Waals surface area contributed by atoms with Gasteiger partial charge in [-0.05, 0) is 80.3 Å². The third kappa shape index (κ3) is 24.6. The van der Waals surface area contributed by atoms with Crippen molar-refractivity contribution in [3.8, 4) is 11.5 Å². The Bertz CT molecular complexity index is 1710. The first-order valence-electron chi connectivity index (χ1n) is 21.9. The first-order chi connectivity index (χ1) is 29.6. The van der Waals surface area contributed by atoms with Gasteiger partial charge in [-0.2, -0.15) is 54.0 Å². The fourth-order valence-electron chi connectivity index (χ4n) is 7.61. The van der Waals surface area contributed by atoms with Crippen molar-refractivity contribution >= 4 is 101 Å². The molecule has 0 unspecified atom stereocenters. The van der Waals surface area contributed by atoms with Crippen molar-refractivity contribution < 1.29 is 88.3 Å². The van der Waals surface area contributed by atoms with E-state index in [0.717, 1.165) is 51.4 Å². The van der Waals surface area contributed by atoms with Crippen LogP contribution in [0.3, 0.4) is 0 Å². The van der Waals surface area contributed by atoms with Gasteiger partial charge in [-0.15, -0.1) is 0 Å². The van der Waals surface area contributed by atoms with Gasteiger partial charge in [-0.25, -0.2) is 4.79 Å². The zero-order chi connectivity index (χ0) is 45.6. The van der Waals surface area contributed by atoms with Crippen molar-refractivity contribution in [1.82, 2.24) is 20.4 Å². The van der Waals surface area contributed by atoms with Gasteiger partial charge in [-0.1, -0.05) is 63.8 Å². The van der Waals surface area contributed by atoms with E-state index in [4.69, 9.17) is 0 Å². The molecule has 67 heavy (non-hydrogen) atoms. The Labute approximate surface area is 444 Å². The summed E-state index contributed by atoms with van der Waals surface area (Å²) >= 11 is 0. The minimum absolute atomic E-state index is 0. The second kappa shape index (κ2) is 36.6. The third-order valence-corrected chi connectivity index (χ3v) is 11.1. The molecule has 0 bridgehead atoms. The molecule has 5 N–H and O–H groups in total. The summed E-state index contributed by atoms with van der Waals surface area (Å²) in [5.41, 5.74) is 1.27. The molecule has 2 heterocycles. The van der Waals surface area contributed by atoms with Gasteiger partial charge < -0.3 is 45.7 Å². The topological polar surface area (TPSA) is 251 Å². The fourth-order valence-corrected chi connectivity index (χ4v) is 7.61. The smallest absolute Gasteiger partial charge is 0.548 e. The number of ketones is 2. The van der Waals surface area contributed by atoms with Crippen LogP contribution in [0.25, 0.3) is 0 Å². The molecule has 2 saturated heterocycles. The number of nitrogens with one attached hydrogen (secondary N) is 2. The molecule has 0 aliphatic carbocycles. The number of rotatable bonds is 24. The van der Waals surface area contributed by atoms with Gasteiger partial charge >= 0.3 is 35.5 Å². The Morgan fingerprint density at radius 1 is 0.582 bits per heavy atom. The zero-order valence-electron chi connectivity index (χ0n) is 39.0. The Morgan fingerprint density at radius 3 is 1.28 bits per heavy atom. The van der Waals surface area contributed by atoms with E-state index >= 15 is 0 Å². The summed E-state index contributed by atoms with van der Waals surface area (Å²) in [5.74, 6) is -3.88. The van der Waals surface area contributed by atoms with Crippen LogP contribution in [0.2, 0.25) is 0 Å². The molecule has 2 aliphatic rings. The first-order valence-corrected chi connectivity index (χ1v) is 21.9. The van der Waals surface area contributed by atoms with Crippen molar-refractivity contribution in [2.24, 2.45) is 0 Å². The number of carbonyl (C=O) groups is 8. The summed E-state index contributed by atoms with van der Waals surface area (Å²) in [6, 6.07) is 8.73. The summed E-state index contributed by atoms with van der Waals surface area (Å²) in [4.78, 5) is 101. The monoisotopic (exact) mass is 1020 g/mol. The number of carboxylic acids is 2. The van der Waals surface area contributed by atoms with Crippen LogP contribution in [-0.4, -0.2) is 110 Å². The molecule has 2 aromatic rings. The summed E-state index contributed by atoms with van der Waals surface area (Å²) < 4.78 is 0. The number of aliphatic carboxylic acids is 2. The van der Waals surface area contributed by atoms with E-state index in [1.54, 1.807) is 34.1 Å². The maximum absolute atomic E-state index is 12.6. The maximum Gasteiger partial charge on any atom is 1.00 e. The van der Waals surface area contributed by atoms with Gasteiger partial charge in [-0.3, -0.25) is 28.8 Å². The second-order valence-electron chi connectivity index (χ2n) is 16.0. The number of Topliss-reactive ketones (excluding diaryl/α,β-unsaturated/α-hetero) is 2. The molecule has 21 heteroatoms. The Hall–Kier alpha value is -3.40. The molecular weight excluding hydrogens is 952 g/mol. The van der Waals surface area contributed by atoms with Crippen LogP contribution in [0.5, 0.6) is 11.5 Å². The molecule has 2 fully saturated rings. The number of likely N-dealkylation sites (tertiary alicyclic amines) is 2. The predicted octanol–water partition coefficient (Wildman–Crippen LogP) is 0.970.